The SMILES string of the molecule is CCNC(C)c1ccc(N(CC)C(C)C)c(Br)c1. The summed E-state index contributed by atoms with van der Waals surface area (Å²) in [5.74, 6) is 0. The molecule has 18 heavy (non-hydrogen) atoms. The smallest absolute Gasteiger partial charge is 0.0513 e. The number of benzene rings is 1. The number of rotatable bonds is 6. The maximum Gasteiger partial charge on any atom is 0.0513 e. The summed E-state index contributed by atoms with van der Waals surface area (Å²) >= 11 is 3.71. The van der Waals surface area contributed by atoms with Gasteiger partial charge in [-0.05, 0) is 67.9 Å². The lowest BCUT2D eigenvalue weighted by molar-refractivity contribution is 0.597. The molecule has 0 saturated heterocycles. The molecule has 0 heterocycles. The van der Waals surface area contributed by atoms with Gasteiger partial charge >= 0.3 is 0 Å². The van der Waals surface area contributed by atoms with Gasteiger partial charge in [-0.25, -0.2) is 0 Å². The molecule has 1 aromatic rings. The van der Waals surface area contributed by atoms with Crippen LogP contribution in [0.1, 0.15) is 46.2 Å². The minimum absolute atomic E-state index is 0.398. The van der Waals surface area contributed by atoms with E-state index < -0.39 is 0 Å². The highest BCUT2D eigenvalue weighted by atomic mass is 79.9. The van der Waals surface area contributed by atoms with E-state index in [9.17, 15) is 0 Å². The average molecular weight is 313 g/mol. The van der Waals surface area contributed by atoms with E-state index in [4.69, 9.17) is 0 Å². The van der Waals surface area contributed by atoms with Crippen molar-refractivity contribution in [2.24, 2.45) is 0 Å². The second kappa shape index (κ2) is 7.15. The van der Waals surface area contributed by atoms with Gasteiger partial charge in [-0.1, -0.05) is 13.0 Å². The molecule has 1 atom stereocenters. The van der Waals surface area contributed by atoms with E-state index in [1.807, 2.05) is 0 Å². The van der Waals surface area contributed by atoms with E-state index >= 15 is 0 Å². The monoisotopic (exact) mass is 312 g/mol. The van der Waals surface area contributed by atoms with Crippen molar-refractivity contribution in [3.63, 3.8) is 0 Å². The summed E-state index contributed by atoms with van der Waals surface area (Å²) in [7, 11) is 0. The van der Waals surface area contributed by atoms with Crippen molar-refractivity contribution in [1.82, 2.24) is 5.32 Å². The number of nitrogens with one attached hydrogen (secondary N) is 1. The summed E-state index contributed by atoms with van der Waals surface area (Å²) in [5.41, 5.74) is 2.60. The summed E-state index contributed by atoms with van der Waals surface area (Å²) in [6.07, 6.45) is 0. The summed E-state index contributed by atoms with van der Waals surface area (Å²) in [6, 6.07) is 7.58. The van der Waals surface area contributed by atoms with Crippen LogP contribution in [0.2, 0.25) is 0 Å². The standard InChI is InChI=1S/C15H25BrN2/c1-6-17-12(5)13-8-9-15(14(16)10-13)18(7-2)11(3)4/h8-12,17H,6-7H2,1-5H3. The zero-order chi connectivity index (χ0) is 13.7. The minimum atomic E-state index is 0.398. The van der Waals surface area contributed by atoms with Crippen molar-refractivity contribution in [3.05, 3.63) is 28.2 Å². The molecule has 0 fully saturated rings. The van der Waals surface area contributed by atoms with Gasteiger partial charge in [0, 0.05) is 23.1 Å². The van der Waals surface area contributed by atoms with Crippen molar-refractivity contribution in [2.45, 2.75) is 46.7 Å². The summed E-state index contributed by atoms with van der Waals surface area (Å²) in [5, 5.41) is 3.44. The topological polar surface area (TPSA) is 15.3 Å². The fourth-order valence-electron chi connectivity index (χ4n) is 2.26. The maximum atomic E-state index is 3.71. The normalized spacial score (nSPS) is 12.8. The lowest BCUT2D eigenvalue weighted by atomic mass is 10.1. The lowest BCUT2D eigenvalue weighted by Gasteiger charge is -2.29. The van der Waals surface area contributed by atoms with Crippen LogP contribution in [-0.4, -0.2) is 19.1 Å². The average Bonchev–Trinajstić information content (AvgIpc) is 2.31. The first-order valence-corrected chi connectivity index (χ1v) is 7.60. The van der Waals surface area contributed by atoms with Crippen LogP contribution in [0, 0.1) is 0 Å². The van der Waals surface area contributed by atoms with Crippen LogP contribution in [0.5, 0.6) is 0 Å². The summed E-state index contributed by atoms with van der Waals surface area (Å²) in [6.45, 7) is 13.0. The van der Waals surface area contributed by atoms with E-state index in [2.05, 4.69) is 79.0 Å². The van der Waals surface area contributed by atoms with Crippen LogP contribution in [0.25, 0.3) is 0 Å². The van der Waals surface area contributed by atoms with Crippen molar-refractivity contribution < 1.29 is 0 Å². The Morgan fingerprint density at radius 2 is 1.89 bits per heavy atom. The number of anilines is 1. The second-order valence-corrected chi connectivity index (χ2v) is 5.72. The molecule has 0 aliphatic heterocycles. The molecule has 0 saturated carbocycles. The van der Waals surface area contributed by atoms with E-state index in [0.29, 0.717) is 12.1 Å². The van der Waals surface area contributed by atoms with Gasteiger partial charge in [0.2, 0.25) is 0 Å². The Morgan fingerprint density at radius 1 is 1.22 bits per heavy atom. The van der Waals surface area contributed by atoms with Gasteiger partial charge < -0.3 is 10.2 Å². The quantitative estimate of drug-likeness (QED) is 0.840. The van der Waals surface area contributed by atoms with Gasteiger partial charge in [0.15, 0.2) is 0 Å². The molecule has 0 bridgehead atoms. The first-order valence-electron chi connectivity index (χ1n) is 6.80. The molecule has 1 N–H and O–H groups in total. The lowest BCUT2D eigenvalue weighted by Crippen LogP contribution is -2.30. The van der Waals surface area contributed by atoms with Crippen molar-refractivity contribution in [1.29, 1.82) is 0 Å². The third-order valence-corrected chi connectivity index (χ3v) is 3.89. The molecular weight excluding hydrogens is 288 g/mol. The fourth-order valence-corrected chi connectivity index (χ4v) is 2.89. The highest BCUT2D eigenvalue weighted by Gasteiger charge is 2.13. The Hall–Kier alpha value is -0.540. The van der Waals surface area contributed by atoms with E-state index in [0.717, 1.165) is 13.1 Å². The van der Waals surface area contributed by atoms with Gasteiger partial charge in [0.05, 0.1) is 5.69 Å². The molecule has 0 amide bonds. The Balaban J connectivity index is 2.98. The Morgan fingerprint density at radius 3 is 2.33 bits per heavy atom. The van der Waals surface area contributed by atoms with Crippen molar-refractivity contribution >= 4 is 21.6 Å². The Bertz CT molecular complexity index is 377. The third kappa shape index (κ3) is 3.72. The number of hydrogen-bond acceptors (Lipinski definition) is 2. The number of hydrogen-bond donors (Lipinski definition) is 1. The zero-order valence-electron chi connectivity index (χ0n) is 12.1. The molecule has 3 heteroatoms. The molecule has 1 unspecified atom stereocenters. The van der Waals surface area contributed by atoms with Gasteiger partial charge in [-0.15, -0.1) is 0 Å². The molecule has 0 aliphatic carbocycles. The first kappa shape index (κ1) is 15.5. The Labute approximate surface area is 120 Å². The molecule has 0 spiro atoms. The van der Waals surface area contributed by atoms with E-state index in [-0.39, 0.29) is 0 Å². The molecule has 1 rings (SSSR count). The predicted octanol–water partition coefficient (Wildman–Crippen LogP) is 4.35. The summed E-state index contributed by atoms with van der Waals surface area (Å²) in [4.78, 5) is 2.39. The zero-order valence-corrected chi connectivity index (χ0v) is 13.7. The van der Waals surface area contributed by atoms with E-state index in [1.165, 1.54) is 15.7 Å². The third-order valence-electron chi connectivity index (χ3n) is 3.26. The highest BCUT2D eigenvalue weighted by Crippen LogP contribution is 2.30. The van der Waals surface area contributed by atoms with Crippen LogP contribution in [-0.2, 0) is 0 Å². The van der Waals surface area contributed by atoms with Crippen LogP contribution >= 0.6 is 15.9 Å². The highest BCUT2D eigenvalue weighted by molar-refractivity contribution is 9.10. The van der Waals surface area contributed by atoms with Crippen LogP contribution in [0.4, 0.5) is 5.69 Å². The molecule has 2 nitrogen and oxygen atoms in total. The van der Waals surface area contributed by atoms with Gasteiger partial charge in [0.1, 0.15) is 0 Å². The van der Waals surface area contributed by atoms with Crippen molar-refractivity contribution in [3.8, 4) is 0 Å². The van der Waals surface area contributed by atoms with Gasteiger partial charge in [0.25, 0.3) is 0 Å². The van der Waals surface area contributed by atoms with Crippen LogP contribution in [0.3, 0.4) is 0 Å². The maximum absolute atomic E-state index is 3.71. The molecule has 1 aromatic carbocycles. The summed E-state index contributed by atoms with van der Waals surface area (Å²) < 4.78 is 1.18. The number of nitrogens with zero attached hydrogens (tertiary/aromatic N) is 1. The minimum Gasteiger partial charge on any atom is -0.368 e. The number of halogens is 1. The molecule has 102 valence electrons. The molecular formula is C15H25BrN2. The van der Waals surface area contributed by atoms with E-state index in [1.54, 1.807) is 0 Å². The molecule has 0 aliphatic rings. The Kier molecular flexibility index (Phi) is 6.16. The largest absolute Gasteiger partial charge is 0.368 e. The van der Waals surface area contributed by atoms with Crippen LogP contribution < -0.4 is 10.2 Å². The van der Waals surface area contributed by atoms with Gasteiger partial charge in [-0.2, -0.15) is 0 Å². The van der Waals surface area contributed by atoms with Crippen molar-refractivity contribution in [2.75, 3.05) is 18.0 Å². The fraction of sp³-hybridized carbons (Fsp3) is 0.600. The molecule has 0 radical (unpaired) electrons. The first-order chi connectivity index (χ1) is 8.51. The second-order valence-electron chi connectivity index (χ2n) is 4.87. The van der Waals surface area contributed by atoms with Crippen LogP contribution in [0.15, 0.2) is 22.7 Å². The molecule has 0 aromatic heterocycles. The van der Waals surface area contributed by atoms with Gasteiger partial charge in [-0.3, -0.25) is 0 Å². The predicted molar refractivity (Wildman–Crippen MR) is 84.4 cm³/mol.